The average molecular weight is 301 g/mol. The van der Waals surface area contributed by atoms with E-state index in [1.54, 1.807) is 0 Å². The Hall–Kier alpha value is -2.37. The van der Waals surface area contributed by atoms with Crippen molar-refractivity contribution in [2.75, 3.05) is 0 Å². The number of nitrogens with zero attached hydrogens (tertiary/aromatic N) is 2. The third kappa shape index (κ3) is 2.68. The van der Waals surface area contributed by atoms with Gasteiger partial charge in [-0.05, 0) is 31.4 Å². The van der Waals surface area contributed by atoms with Crippen LogP contribution < -0.4 is 5.32 Å². The number of para-hydroxylation sites is 2. The van der Waals surface area contributed by atoms with Crippen LogP contribution >= 0.6 is 0 Å². The first kappa shape index (κ1) is 14.6. The number of aliphatic carboxylic acids is 1. The highest BCUT2D eigenvalue weighted by atomic mass is 16.4. The number of carbonyl (C=O) groups excluding carboxylic acids is 1. The van der Waals surface area contributed by atoms with Gasteiger partial charge in [-0.3, -0.25) is 9.59 Å². The highest BCUT2D eigenvalue weighted by Gasteiger charge is 2.33. The third-order valence-electron chi connectivity index (χ3n) is 4.45. The number of hydrogen-bond donors (Lipinski definition) is 2. The number of carboxylic acids is 1. The van der Waals surface area contributed by atoms with Crippen molar-refractivity contribution in [1.82, 2.24) is 14.9 Å². The Labute approximate surface area is 128 Å². The topological polar surface area (TPSA) is 84.2 Å². The van der Waals surface area contributed by atoms with Crippen LogP contribution in [0.15, 0.2) is 24.3 Å². The molecule has 22 heavy (non-hydrogen) atoms. The second-order valence-corrected chi connectivity index (χ2v) is 5.84. The van der Waals surface area contributed by atoms with Crippen LogP contribution in [0.2, 0.25) is 0 Å². The molecule has 2 atom stereocenters. The summed E-state index contributed by atoms with van der Waals surface area (Å²) in [5.74, 6) is -0.661. The maximum absolute atomic E-state index is 12.2. The van der Waals surface area contributed by atoms with E-state index in [0.717, 1.165) is 16.9 Å². The smallest absolute Gasteiger partial charge is 0.306 e. The molecule has 1 aromatic carbocycles. The Bertz CT molecular complexity index is 722. The Balaban J connectivity index is 1.63. The number of hydrogen-bond acceptors (Lipinski definition) is 3. The van der Waals surface area contributed by atoms with Gasteiger partial charge in [0.1, 0.15) is 5.82 Å². The van der Waals surface area contributed by atoms with Gasteiger partial charge in [0, 0.05) is 13.0 Å². The number of rotatable bonds is 4. The number of benzene rings is 1. The first-order chi connectivity index (χ1) is 10.6. The zero-order valence-corrected chi connectivity index (χ0v) is 12.5. The monoisotopic (exact) mass is 301 g/mol. The molecule has 1 aliphatic carbocycles. The molecule has 116 valence electrons. The van der Waals surface area contributed by atoms with E-state index >= 15 is 0 Å². The zero-order valence-electron chi connectivity index (χ0n) is 12.5. The summed E-state index contributed by atoms with van der Waals surface area (Å²) in [7, 11) is 1.92. The molecule has 0 bridgehead atoms. The Morgan fingerprint density at radius 1 is 1.32 bits per heavy atom. The number of imidazole rings is 1. The minimum absolute atomic E-state index is 0.0733. The lowest BCUT2D eigenvalue weighted by atomic mass is 10.0. The van der Waals surface area contributed by atoms with Gasteiger partial charge in [0.05, 0.1) is 23.5 Å². The molecule has 0 aliphatic heterocycles. The van der Waals surface area contributed by atoms with E-state index in [1.807, 2.05) is 35.9 Å². The van der Waals surface area contributed by atoms with Gasteiger partial charge in [-0.1, -0.05) is 12.1 Å². The molecule has 0 saturated heterocycles. The number of fused-ring (bicyclic) bond motifs is 1. The standard InChI is InChI=1S/C16H19N3O3/c1-19-13-5-3-2-4-12(13)18-14(19)9-17-15(20)10-6-7-11(8-10)16(21)22/h2-5,10-11H,6-9H2,1H3,(H,17,20)(H,21,22)/t10-,11+/m1/s1. The molecule has 0 spiro atoms. The fraction of sp³-hybridized carbons (Fsp3) is 0.438. The van der Waals surface area contributed by atoms with Crippen LogP contribution in [-0.2, 0) is 23.2 Å². The molecule has 1 fully saturated rings. The largest absolute Gasteiger partial charge is 0.481 e. The molecule has 1 saturated carbocycles. The molecule has 1 heterocycles. The molecule has 0 radical (unpaired) electrons. The highest BCUT2D eigenvalue weighted by molar-refractivity contribution is 5.81. The summed E-state index contributed by atoms with van der Waals surface area (Å²) in [5, 5.41) is 11.9. The van der Waals surface area contributed by atoms with Crippen LogP contribution in [0, 0.1) is 11.8 Å². The SMILES string of the molecule is Cn1c(CNC(=O)[C@@H]2CC[C@H](C(=O)O)C2)nc2ccccc21. The molecular weight excluding hydrogens is 282 g/mol. The number of aryl methyl sites for hydroxylation is 1. The van der Waals surface area contributed by atoms with Crippen molar-refractivity contribution in [3.63, 3.8) is 0 Å². The third-order valence-corrected chi connectivity index (χ3v) is 4.45. The minimum Gasteiger partial charge on any atom is -0.481 e. The van der Waals surface area contributed by atoms with Gasteiger partial charge in [0.25, 0.3) is 0 Å². The van der Waals surface area contributed by atoms with Gasteiger partial charge in [-0.15, -0.1) is 0 Å². The van der Waals surface area contributed by atoms with Crippen LogP contribution in [0.4, 0.5) is 0 Å². The first-order valence-electron chi connectivity index (χ1n) is 7.47. The van der Waals surface area contributed by atoms with E-state index in [-0.39, 0.29) is 17.7 Å². The lowest BCUT2D eigenvalue weighted by Crippen LogP contribution is -2.30. The average Bonchev–Trinajstić information content (AvgIpc) is 3.11. The number of nitrogens with one attached hydrogen (secondary N) is 1. The summed E-state index contributed by atoms with van der Waals surface area (Å²) in [6.07, 6.45) is 1.66. The second-order valence-electron chi connectivity index (χ2n) is 5.84. The van der Waals surface area contributed by atoms with Crippen molar-refractivity contribution < 1.29 is 14.7 Å². The molecule has 1 aliphatic rings. The molecule has 2 aromatic rings. The van der Waals surface area contributed by atoms with Gasteiger partial charge in [0.2, 0.25) is 5.91 Å². The maximum atomic E-state index is 12.2. The molecule has 6 heteroatoms. The van der Waals surface area contributed by atoms with E-state index in [0.29, 0.717) is 25.8 Å². The lowest BCUT2D eigenvalue weighted by Gasteiger charge is -2.10. The molecule has 3 rings (SSSR count). The fourth-order valence-electron chi connectivity index (χ4n) is 3.11. The van der Waals surface area contributed by atoms with Crippen LogP contribution in [0.1, 0.15) is 25.1 Å². The molecule has 1 amide bonds. The van der Waals surface area contributed by atoms with Crippen LogP contribution in [-0.4, -0.2) is 26.5 Å². The number of amides is 1. The molecule has 0 unspecified atom stereocenters. The second kappa shape index (κ2) is 5.79. The lowest BCUT2D eigenvalue weighted by molar-refractivity contribution is -0.141. The number of carboxylic acid groups (broad SMARTS) is 1. The van der Waals surface area contributed by atoms with E-state index < -0.39 is 5.97 Å². The highest BCUT2D eigenvalue weighted by Crippen LogP contribution is 2.31. The van der Waals surface area contributed by atoms with E-state index in [4.69, 9.17) is 5.11 Å². The Morgan fingerprint density at radius 2 is 2.05 bits per heavy atom. The molecule has 6 nitrogen and oxygen atoms in total. The van der Waals surface area contributed by atoms with Crippen LogP contribution in [0.3, 0.4) is 0 Å². The molecular formula is C16H19N3O3. The van der Waals surface area contributed by atoms with E-state index in [1.165, 1.54) is 0 Å². The van der Waals surface area contributed by atoms with Gasteiger partial charge < -0.3 is 15.0 Å². The Morgan fingerprint density at radius 3 is 2.73 bits per heavy atom. The van der Waals surface area contributed by atoms with Crippen LogP contribution in [0.25, 0.3) is 11.0 Å². The Kier molecular flexibility index (Phi) is 3.83. The number of aromatic nitrogens is 2. The predicted octanol–water partition coefficient (Wildman–Crippen LogP) is 1.69. The summed E-state index contributed by atoms with van der Waals surface area (Å²) in [6.45, 7) is 0.359. The molecule has 2 N–H and O–H groups in total. The van der Waals surface area contributed by atoms with Crippen molar-refractivity contribution in [2.45, 2.75) is 25.8 Å². The van der Waals surface area contributed by atoms with Crippen molar-refractivity contribution in [1.29, 1.82) is 0 Å². The van der Waals surface area contributed by atoms with Gasteiger partial charge in [-0.2, -0.15) is 0 Å². The summed E-state index contributed by atoms with van der Waals surface area (Å²) < 4.78 is 1.96. The summed E-state index contributed by atoms with van der Waals surface area (Å²) in [5.41, 5.74) is 1.93. The van der Waals surface area contributed by atoms with Gasteiger partial charge >= 0.3 is 5.97 Å². The van der Waals surface area contributed by atoms with E-state index in [9.17, 15) is 9.59 Å². The van der Waals surface area contributed by atoms with Crippen molar-refractivity contribution in [3.8, 4) is 0 Å². The fourth-order valence-corrected chi connectivity index (χ4v) is 3.11. The van der Waals surface area contributed by atoms with Crippen molar-refractivity contribution >= 4 is 22.9 Å². The maximum Gasteiger partial charge on any atom is 0.306 e. The van der Waals surface area contributed by atoms with Crippen molar-refractivity contribution in [3.05, 3.63) is 30.1 Å². The normalized spacial score (nSPS) is 21.1. The predicted molar refractivity (Wildman–Crippen MR) is 81.0 cm³/mol. The van der Waals surface area contributed by atoms with Crippen molar-refractivity contribution in [2.24, 2.45) is 18.9 Å². The summed E-state index contributed by atoms with van der Waals surface area (Å²) >= 11 is 0. The summed E-state index contributed by atoms with van der Waals surface area (Å²) in [4.78, 5) is 27.6. The number of carbonyl (C=O) groups is 2. The van der Waals surface area contributed by atoms with Gasteiger partial charge in [0.15, 0.2) is 0 Å². The zero-order chi connectivity index (χ0) is 15.7. The van der Waals surface area contributed by atoms with E-state index in [2.05, 4.69) is 10.3 Å². The molecule has 1 aromatic heterocycles. The quantitative estimate of drug-likeness (QED) is 0.900. The summed E-state index contributed by atoms with van der Waals surface area (Å²) in [6, 6.07) is 7.82. The van der Waals surface area contributed by atoms with Crippen LogP contribution in [0.5, 0.6) is 0 Å². The van der Waals surface area contributed by atoms with Gasteiger partial charge in [-0.25, -0.2) is 4.98 Å². The minimum atomic E-state index is -0.800. The first-order valence-corrected chi connectivity index (χ1v) is 7.47.